The summed E-state index contributed by atoms with van der Waals surface area (Å²) >= 11 is 1.46. The van der Waals surface area contributed by atoms with Gasteiger partial charge in [-0.05, 0) is 35.2 Å². The number of carbonyl (C=O) groups is 1. The number of carbonyl (C=O) groups excluding carboxylic acids is 1. The lowest BCUT2D eigenvalue weighted by Crippen LogP contribution is -2.30. The van der Waals surface area contributed by atoms with Gasteiger partial charge in [0.05, 0.1) is 18.5 Å². The Kier molecular flexibility index (Phi) is 5.55. The second kappa shape index (κ2) is 8.28. The molecule has 0 N–H and O–H groups in total. The maximum Gasteiger partial charge on any atom is 0.260 e. The van der Waals surface area contributed by atoms with Crippen molar-refractivity contribution >= 4 is 22.4 Å². The summed E-state index contributed by atoms with van der Waals surface area (Å²) in [6.45, 7) is 6.81. The highest BCUT2D eigenvalue weighted by atomic mass is 32.1. The van der Waals surface area contributed by atoms with E-state index < -0.39 is 0 Å². The smallest absolute Gasteiger partial charge is 0.260 e. The number of nitrogens with zero attached hydrogens (tertiary/aromatic N) is 2. The van der Waals surface area contributed by atoms with Gasteiger partial charge in [0.15, 0.2) is 5.13 Å². The molecule has 4 nitrogen and oxygen atoms in total. The van der Waals surface area contributed by atoms with Crippen LogP contribution in [0.4, 0.5) is 5.13 Å². The van der Waals surface area contributed by atoms with Crippen molar-refractivity contribution in [3.8, 4) is 11.3 Å². The second-order valence-corrected chi connectivity index (χ2v) is 9.02. The van der Waals surface area contributed by atoms with Gasteiger partial charge in [0.25, 0.3) is 5.91 Å². The van der Waals surface area contributed by atoms with Crippen LogP contribution in [0.15, 0.2) is 82.8 Å². The van der Waals surface area contributed by atoms with Gasteiger partial charge in [-0.25, -0.2) is 4.98 Å². The fourth-order valence-electron chi connectivity index (χ4n) is 3.18. The summed E-state index contributed by atoms with van der Waals surface area (Å²) in [5.41, 5.74) is 3.74. The molecule has 0 fully saturated rings. The van der Waals surface area contributed by atoms with Crippen LogP contribution in [0, 0.1) is 0 Å². The van der Waals surface area contributed by atoms with Crippen LogP contribution in [-0.2, 0) is 12.0 Å². The standard InChI is InChI=1S/C25H24N2O2S/c1-25(2,3)20-13-11-19(12-14-20)23(28)27(16-21-10-7-15-29-21)24-26-22(17-30-24)18-8-5-4-6-9-18/h4-15,17H,16H2,1-3H3. The molecule has 30 heavy (non-hydrogen) atoms. The van der Waals surface area contributed by atoms with E-state index in [0.29, 0.717) is 23.0 Å². The first-order chi connectivity index (χ1) is 14.4. The van der Waals surface area contributed by atoms with Crippen LogP contribution in [0.3, 0.4) is 0 Å². The van der Waals surface area contributed by atoms with E-state index in [2.05, 4.69) is 20.8 Å². The van der Waals surface area contributed by atoms with Gasteiger partial charge < -0.3 is 4.42 Å². The second-order valence-electron chi connectivity index (χ2n) is 8.18. The Morgan fingerprint density at radius 2 is 1.73 bits per heavy atom. The molecule has 0 spiro atoms. The van der Waals surface area contributed by atoms with Gasteiger partial charge in [-0.3, -0.25) is 9.69 Å². The molecule has 0 saturated carbocycles. The number of hydrogen-bond donors (Lipinski definition) is 0. The van der Waals surface area contributed by atoms with Crippen LogP contribution in [0.5, 0.6) is 0 Å². The first-order valence-corrected chi connectivity index (χ1v) is 10.8. The van der Waals surface area contributed by atoms with Crippen LogP contribution < -0.4 is 4.90 Å². The van der Waals surface area contributed by atoms with Crippen molar-refractivity contribution in [1.82, 2.24) is 4.98 Å². The molecule has 0 aliphatic heterocycles. The molecule has 152 valence electrons. The summed E-state index contributed by atoms with van der Waals surface area (Å²) in [7, 11) is 0. The number of furan rings is 1. The normalized spacial score (nSPS) is 11.4. The molecular weight excluding hydrogens is 392 g/mol. The number of anilines is 1. The van der Waals surface area contributed by atoms with Crippen LogP contribution >= 0.6 is 11.3 Å². The Morgan fingerprint density at radius 3 is 2.37 bits per heavy atom. The summed E-state index contributed by atoms with van der Waals surface area (Å²) in [5, 5.41) is 2.63. The zero-order chi connectivity index (χ0) is 21.1. The summed E-state index contributed by atoms with van der Waals surface area (Å²) in [6.07, 6.45) is 1.62. The van der Waals surface area contributed by atoms with Crippen molar-refractivity contribution in [2.75, 3.05) is 4.90 Å². The van der Waals surface area contributed by atoms with E-state index in [1.807, 2.05) is 72.1 Å². The van der Waals surface area contributed by atoms with Gasteiger partial charge in [0.2, 0.25) is 0 Å². The molecule has 2 aromatic heterocycles. The first kappa shape index (κ1) is 20.1. The summed E-state index contributed by atoms with van der Waals surface area (Å²) in [6, 6.07) is 21.5. The minimum atomic E-state index is -0.0965. The fraction of sp³-hybridized carbons (Fsp3) is 0.200. The predicted molar refractivity (Wildman–Crippen MR) is 122 cm³/mol. The molecule has 0 unspecified atom stereocenters. The van der Waals surface area contributed by atoms with Crippen LogP contribution in [0.1, 0.15) is 42.5 Å². The van der Waals surface area contributed by atoms with Crippen LogP contribution in [0.25, 0.3) is 11.3 Å². The lowest BCUT2D eigenvalue weighted by molar-refractivity contribution is 0.0983. The molecule has 4 aromatic rings. The van der Waals surface area contributed by atoms with Gasteiger partial charge in [-0.2, -0.15) is 0 Å². The third kappa shape index (κ3) is 4.36. The van der Waals surface area contributed by atoms with Crippen molar-refractivity contribution < 1.29 is 9.21 Å². The minimum Gasteiger partial charge on any atom is -0.467 e. The highest BCUT2D eigenvalue weighted by Gasteiger charge is 2.23. The van der Waals surface area contributed by atoms with Gasteiger partial charge >= 0.3 is 0 Å². The number of thiazole rings is 1. The topological polar surface area (TPSA) is 46.3 Å². The Labute approximate surface area is 180 Å². The van der Waals surface area contributed by atoms with Crippen molar-refractivity contribution in [1.29, 1.82) is 0 Å². The van der Waals surface area contributed by atoms with Gasteiger partial charge in [0, 0.05) is 16.5 Å². The molecular formula is C25H24N2O2S. The number of aromatic nitrogens is 1. The third-order valence-electron chi connectivity index (χ3n) is 4.93. The monoisotopic (exact) mass is 416 g/mol. The van der Waals surface area contributed by atoms with Gasteiger partial charge in [-0.15, -0.1) is 11.3 Å². The predicted octanol–water partition coefficient (Wildman–Crippen LogP) is 6.55. The number of hydrogen-bond acceptors (Lipinski definition) is 4. The quantitative estimate of drug-likeness (QED) is 0.371. The molecule has 0 bridgehead atoms. The molecule has 0 aliphatic carbocycles. The van der Waals surface area contributed by atoms with E-state index in [1.165, 1.54) is 16.9 Å². The Bertz CT molecular complexity index is 1110. The average molecular weight is 417 g/mol. The summed E-state index contributed by atoms with van der Waals surface area (Å²) in [5.74, 6) is 0.618. The van der Waals surface area contributed by atoms with Gasteiger partial charge in [0.1, 0.15) is 5.76 Å². The van der Waals surface area contributed by atoms with Crippen LogP contribution in [-0.4, -0.2) is 10.9 Å². The third-order valence-corrected chi connectivity index (χ3v) is 5.79. The van der Waals surface area contributed by atoms with Crippen LogP contribution in [0.2, 0.25) is 0 Å². The Balaban J connectivity index is 1.66. The minimum absolute atomic E-state index is 0.0370. The fourth-order valence-corrected chi connectivity index (χ4v) is 4.01. The van der Waals surface area contributed by atoms with E-state index in [9.17, 15) is 4.79 Å². The first-order valence-electron chi connectivity index (χ1n) is 9.87. The van der Waals surface area contributed by atoms with Crippen molar-refractivity contribution in [3.63, 3.8) is 0 Å². The average Bonchev–Trinajstić information content (AvgIpc) is 3.44. The van der Waals surface area contributed by atoms with E-state index in [-0.39, 0.29) is 11.3 Å². The number of benzene rings is 2. The lowest BCUT2D eigenvalue weighted by atomic mass is 9.86. The molecule has 0 aliphatic rings. The lowest BCUT2D eigenvalue weighted by Gasteiger charge is -2.21. The summed E-state index contributed by atoms with van der Waals surface area (Å²) in [4.78, 5) is 19.9. The zero-order valence-corrected chi connectivity index (χ0v) is 18.1. The molecule has 0 radical (unpaired) electrons. The van der Waals surface area contributed by atoms with Crippen molar-refractivity contribution in [3.05, 3.63) is 95.3 Å². The van der Waals surface area contributed by atoms with E-state index in [0.717, 1.165) is 11.3 Å². The maximum atomic E-state index is 13.4. The summed E-state index contributed by atoms with van der Waals surface area (Å²) < 4.78 is 5.51. The number of rotatable bonds is 5. The molecule has 4 rings (SSSR count). The molecule has 0 atom stereocenters. The molecule has 2 aromatic carbocycles. The van der Waals surface area contributed by atoms with Crippen molar-refractivity contribution in [2.24, 2.45) is 0 Å². The maximum absolute atomic E-state index is 13.4. The highest BCUT2D eigenvalue weighted by molar-refractivity contribution is 7.14. The molecule has 5 heteroatoms. The van der Waals surface area contributed by atoms with Crippen molar-refractivity contribution in [2.45, 2.75) is 32.7 Å². The molecule has 2 heterocycles. The van der Waals surface area contributed by atoms with E-state index >= 15 is 0 Å². The van der Waals surface area contributed by atoms with E-state index in [4.69, 9.17) is 9.40 Å². The number of amides is 1. The Hall–Kier alpha value is -3.18. The highest BCUT2D eigenvalue weighted by Crippen LogP contribution is 2.30. The zero-order valence-electron chi connectivity index (χ0n) is 17.3. The molecule has 1 amide bonds. The van der Waals surface area contributed by atoms with Gasteiger partial charge in [-0.1, -0.05) is 63.2 Å². The SMILES string of the molecule is CC(C)(C)c1ccc(C(=O)N(Cc2ccco2)c2nc(-c3ccccc3)cs2)cc1. The Morgan fingerprint density at radius 1 is 1.00 bits per heavy atom. The largest absolute Gasteiger partial charge is 0.467 e. The van der Waals surface area contributed by atoms with E-state index in [1.54, 1.807) is 11.2 Å². The molecule has 0 saturated heterocycles.